The first-order valence-corrected chi connectivity index (χ1v) is 6.85. The number of benzene rings is 1. The fourth-order valence-corrected chi connectivity index (χ4v) is 2.77. The second kappa shape index (κ2) is 5.59. The Balaban J connectivity index is 1.96. The van der Waals surface area contributed by atoms with Gasteiger partial charge in [0.05, 0.1) is 25.2 Å². The number of furan rings is 1. The van der Waals surface area contributed by atoms with Crippen LogP contribution in [0.4, 0.5) is 0 Å². The Morgan fingerprint density at radius 1 is 1.32 bits per heavy atom. The van der Waals surface area contributed by atoms with Gasteiger partial charge in [0.1, 0.15) is 6.10 Å². The molecule has 2 atom stereocenters. The quantitative estimate of drug-likeness (QED) is 0.913. The Morgan fingerprint density at radius 3 is 3.00 bits per heavy atom. The molecule has 0 amide bonds. The lowest BCUT2D eigenvalue weighted by Gasteiger charge is -2.32. The van der Waals surface area contributed by atoms with Crippen LogP contribution in [-0.2, 0) is 11.2 Å². The third-order valence-electron chi connectivity index (χ3n) is 3.66. The number of hydrogen-bond donors (Lipinski definition) is 1. The van der Waals surface area contributed by atoms with Gasteiger partial charge < -0.3 is 14.5 Å². The molecule has 1 aromatic carbocycles. The summed E-state index contributed by atoms with van der Waals surface area (Å²) in [4.78, 5) is 0. The molecule has 1 aliphatic rings. The molecule has 0 fully saturated rings. The van der Waals surface area contributed by atoms with Crippen molar-refractivity contribution in [3.8, 4) is 0 Å². The lowest BCUT2D eigenvalue weighted by molar-refractivity contribution is 0.0150. The van der Waals surface area contributed by atoms with E-state index in [1.165, 1.54) is 11.1 Å². The highest BCUT2D eigenvalue weighted by molar-refractivity contribution is 5.33. The van der Waals surface area contributed by atoms with Crippen molar-refractivity contribution in [3.63, 3.8) is 0 Å². The van der Waals surface area contributed by atoms with Crippen LogP contribution in [0, 0.1) is 0 Å². The van der Waals surface area contributed by atoms with E-state index in [4.69, 9.17) is 9.15 Å². The van der Waals surface area contributed by atoms with Crippen molar-refractivity contribution in [1.82, 2.24) is 5.32 Å². The molecule has 3 rings (SSSR count). The maximum Gasteiger partial charge on any atom is 0.102 e. The zero-order valence-corrected chi connectivity index (χ0v) is 11.1. The molecule has 100 valence electrons. The van der Waals surface area contributed by atoms with Gasteiger partial charge in [-0.2, -0.15) is 0 Å². The molecule has 19 heavy (non-hydrogen) atoms. The van der Waals surface area contributed by atoms with E-state index in [-0.39, 0.29) is 12.1 Å². The van der Waals surface area contributed by atoms with E-state index >= 15 is 0 Å². The van der Waals surface area contributed by atoms with Gasteiger partial charge in [-0.1, -0.05) is 31.2 Å². The first-order chi connectivity index (χ1) is 9.40. The third kappa shape index (κ3) is 2.44. The van der Waals surface area contributed by atoms with Gasteiger partial charge in [0.15, 0.2) is 0 Å². The van der Waals surface area contributed by atoms with Crippen LogP contribution in [-0.4, -0.2) is 13.2 Å². The summed E-state index contributed by atoms with van der Waals surface area (Å²) in [6.45, 7) is 3.79. The lowest BCUT2D eigenvalue weighted by atomic mass is 9.91. The van der Waals surface area contributed by atoms with Crippen LogP contribution >= 0.6 is 0 Å². The minimum absolute atomic E-state index is 0.0579. The summed E-state index contributed by atoms with van der Waals surface area (Å²) < 4.78 is 11.3. The van der Waals surface area contributed by atoms with Crippen LogP contribution in [0.25, 0.3) is 0 Å². The fourth-order valence-electron chi connectivity index (χ4n) is 2.77. The number of hydrogen-bond acceptors (Lipinski definition) is 3. The molecule has 2 aromatic rings. The molecule has 3 heteroatoms. The van der Waals surface area contributed by atoms with E-state index in [1.807, 2.05) is 6.07 Å². The minimum Gasteiger partial charge on any atom is -0.472 e. The van der Waals surface area contributed by atoms with Gasteiger partial charge in [0.25, 0.3) is 0 Å². The molecule has 0 spiro atoms. The first-order valence-electron chi connectivity index (χ1n) is 6.85. The molecule has 0 radical (unpaired) electrons. The van der Waals surface area contributed by atoms with E-state index in [2.05, 4.69) is 36.5 Å². The SMILES string of the molecule is CCNC(c1ccoc1)C1OCCc2ccccc21. The van der Waals surface area contributed by atoms with Crippen LogP contribution in [0.1, 0.15) is 35.8 Å². The van der Waals surface area contributed by atoms with Crippen LogP contribution in [0.3, 0.4) is 0 Å². The van der Waals surface area contributed by atoms with Gasteiger partial charge >= 0.3 is 0 Å². The summed E-state index contributed by atoms with van der Waals surface area (Å²) in [5.74, 6) is 0. The second-order valence-electron chi connectivity index (χ2n) is 4.83. The maximum absolute atomic E-state index is 6.04. The van der Waals surface area contributed by atoms with Gasteiger partial charge in [0, 0.05) is 5.56 Å². The van der Waals surface area contributed by atoms with E-state index < -0.39 is 0 Å². The number of likely N-dealkylation sites (N-methyl/N-ethyl adjacent to an activating group) is 1. The Hall–Kier alpha value is -1.58. The molecule has 2 heterocycles. The second-order valence-corrected chi connectivity index (χ2v) is 4.83. The summed E-state index contributed by atoms with van der Waals surface area (Å²) in [6.07, 6.45) is 4.57. The van der Waals surface area contributed by atoms with Crippen molar-refractivity contribution in [1.29, 1.82) is 0 Å². The summed E-state index contributed by atoms with van der Waals surface area (Å²) in [5.41, 5.74) is 3.83. The molecule has 1 aliphatic heterocycles. The summed E-state index contributed by atoms with van der Waals surface area (Å²) >= 11 is 0. The Kier molecular flexibility index (Phi) is 3.67. The van der Waals surface area contributed by atoms with Crippen molar-refractivity contribution in [2.24, 2.45) is 0 Å². The molecule has 3 nitrogen and oxygen atoms in total. The summed E-state index contributed by atoms with van der Waals surface area (Å²) in [5, 5.41) is 3.51. The van der Waals surface area contributed by atoms with Crippen LogP contribution in [0.15, 0.2) is 47.3 Å². The first kappa shape index (κ1) is 12.5. The maximum atomic E-state index is 6.04. The molecule has 0 saturated heterocycles. The molecule has 0 saturated carbocycles. The molecule has 0 bridgehead atoms. The molecule has 2 unspecified atom stereocenters. The monoisotopic (exact) mass is 257 g/mol. The highest BCUT2D eigenvalue weighted by Crippen LogP contribution is 2.36. The largest absolute Gasteiger partial charge is 0.472 e. The zero-order chi connectivity index (χ0) is 13.1. The summed E-state index contributed by atoms with van der Waals surface area (Å²) in [7, 11) is 0. The van der Waals surface area contributed by atoms with Crippen molar-refractivity contribution in [2.75, 3.05) is 13.2 Å². The average Bonchev–Trinajstić information content (AvgIpc) is 2.98. The topological polar surface area (TPSA) is 34.4 Å². The van der Waals surface area contributed by atoms with Crippen LogP contribution < -0.4 is 5.32 Å². The Labute approximate surface area is 113 Å². The predicted octanol–water partition coefficient (Wildman–Crippen LogP) is 3.24. The van der Waals surface area contributed by atoms with Gasteiger partial charge in [-0.3, -0.25) is 0 Å². The highest BCUT2D eigenvalue weighted by Gasteiger charge is 2.29. The standard InChI is InChI=1S/C16H19NO2/c1-2-17-15(13-7-9-18-11-13)16-14-6-4-3-5-12(14)8-10-19-16/h3-7,9,11,15-17H,2,8,10H2,1H3. The van der Waals surface area contributed by atoms with Gasteiger partial charge in [-0.15, -0.1) is 0 Å². The van der Waals surface area contributed by atoms with Crippen LogP contribution in [0.5, 0.6) is 0 Å². The average molecular weight is 257 g/mol. The molecule has 1 N–H and O–H groups in total. The minimum atomic E-state index is 0.0579. The van der Waals surface area contributed by atoms with Gasteiger partial charge in [-0.25, -0.2) is 0 Å². The predicted molar refractivity (Wildman–Crippen MR) is 74.0 cm³/mol. The van der Waals surface area contributed by atoms with Gasteiger partial charge in [-0.05, 0) is 30.2 Å². The van der Waals surface area contributed by atoms with Crippen molar-refractivity contribution in [2.45, 2.75) is 25.5 Å². The van der Waals surface area contributed by atoms with Crippen molar-refractivity contribution < 1.29 is 9.15 Å². The normalized spacial score (nSPS) is 19.9. The molecule has 0 aliphatic carbocycles. The molecule has 1 aromatic heterocycles. The Bertz CT molecular complexity index is 521. The number of fused-ring (bicyclic) bond motifs is 1. The smallest absolute Gasteiger partial charge is 0.102 e. The van der Waals surface area contributed by atoms with Gasteiger partial charge in [0.2, 0.25) is 0 Å². The van der Waals surface area contributed by atoms with Crippen molar-refractivity contribution >= 4 is 0 Å². The lowest BCUT2D eigenvalue weighted by Crippen LogP contribution is -2.31. The van der Waals surface area contributed by atoms with E-state index in [0.29, 0.717) is 0 Å². The highest BCUT2D eigenvalue weighted by atomic mass is 16.5. The van der Waals surface area contributed by atoms with Crippen LogP contribution in [0.2, 0.25) is 0 Å². The number of nitrogens with one attached hydrogen (secondary N) is 1. The fraction of sp³-hybridized carbons (Fsp3) is 0.375. The zero-order valence-electron chi connectivity index (χ0n) is 11.1. The van der Waals surface area contributed by atoms with E-state index in [1.54, 1.807) is 12.5 Å². The summed E-state index contributed by atoms with van der Waals surface area (Å²) in [6, 6.07) is 10.7. The number of ether oxygens (including phenoxy) is 1. The van der Waals surface area contributed by atoms with Crippen molar-refractivity contribution in [3.05, 3.63) is 59.5 Å². The molecular formula is C16H19NO2. The Morgan fingerprint density at radius 2 is 2.21 bits per heavy atom. The third-order valence-corrected chi connectivity index (χ3v) is 3.66. The van der Waals surface area contributed by atoms with E-state index in [0.717, 1.165) is 25.1 Å². The molecular weight excluding hydrogens is 238 g/mol. The number of rotatable bonds is 4. The van der Waals surface area contributed by atoms with E-state index in [9.17, 15) is 0 Å².